The van der Waals surface area contributed by atoms with Gasteiger partial charge in [-0.3, -0.25) is 0 Å². The number of benzene rings is 4. The van der Waals surface area contributed by atoms with Crippen molar-refractivity contribution in [3.05, 3.63) is 125 Å². The SMILES string of the molecule is CCc1[nH]c2ccccc2c1C(N=Nc1ccc(Cl)cc1)=Nc1nc(-c2c(-c3ccc(Cl)cc3)[nH]c3ccccc23)co1. The number of para-hydroxylation sites is 2. The number of hydrogen-bond donors (Lipinski definition) is 2. The van der Waals surface area contributed by atoms with Crippen molar-refractivity contribution in [3.8, 4) is 22.5 Å². The molecule has 7 aromatic rings. The van der Waals surface area contributed by atoms with Crippen molar-refractivity contribution in [1.82, 2.24) is 15.0 Å². The first-order chi connectivity index (χ1) is 21.1. The number of aryl methyl sites for hydroxylation is 1. The lowest BCUT2D eigenvalue weighted by molar-refractivity contribution is 0.570. The minimum absolute atomic E-state index is 0.166. The Labute approximate surface area is 256 Å². The highest BCUT2D eigenvalue weighted by molar-refractivity contribution is 6.31. The van der Waals surface area contributed by atoms with Gasteiger partial charge in [0.15, 0.2) is 5.84 Å². The first kappa shape index (κ1) is 26.9. The number of oxazole rings is 1. The van der Waals surface area contributed by atoms with Crippen LogP contribution in [0.5, 0.6) is 0 Å². The first-order valence-corrected chi connectivity index (χ1v) is 14.5. The molecule has 2 N–H and O–H groups in total. The number of amidine groups is 1. The molecule has 0 fully saturated rings. The van der Waals surface area contributed by atoms with Gasteiger partial charge in [-0.25, -0.2) is 0 Å². The van der Waals surface area contributed by atoms with Gasteiger partial charge in [0, 0.05) is 48.7 Å². The molecule has 0 atom stereocenters. The molecule has 0 saturated heterocycles. The van der Waals surface area contributed by atoms with Crippen molar-refractivity contribution in [2.45, 2.75) is 13.3 Å². The molecule has 3 heterocycles. The largest absolute Gasteiger partial charge is 0.430 e. The van der Waals surface area contributed by atoms with E-state index in [1.54, 1.807) is 30.5 Å². The van der Waals surface area contributed by atoms with Crippen LogP contribution in [0.1, 0.15) is 18.2 Å². The van der Waals surface area contributed by atoms with Crippen LogP contribution in [0.2, 0.25) is 10.0 Å². The number of azo groups is 1. The van der Waals surface area contributed by atoms with Crippen molar-refractivity contribution in [2.24, 2.45) is 15.2 Å². The van der Waals surface area contributed by atoms with Gasteiger partial charge in [0.1, 0.15) is 12.0 Å². The van der Waals surface area contributed by atoms with Crippen LogP contribution in [-0.2, 0) is 6.42 Å². The third-order valence-corrected chi connectivity index (χ3v) is 7.74. The number of nitrogens with zero attached hydrogens (tertiary/aromatic N) is 4. The summed E-state index contributed by atoms with van der Waals surface area (Å²) in [6.07, 6.45) is 2.37. The average molecular weight is 604 g/mol. The van der Waals surface area contributed by atoms with Crippen molar-refractivity contribution in [1.29, 1.82) is 0 Å². The summed E-state index contributed by atoms with van der Waals surface area (Å²) in [7, 11) is 0. The third-order valence-electron chi connectivity index (χ3n) is 7.24. The Balaban J connectivity index is 1.37. The molecule has 43 heavy (non-hydrogen) atoms. The molecule has 0 aliphatic rings. The van der Waals surface area contributed by atoms with E-state index < -0.39 is 0 Å². The lowest BCUT2D eigenvalue weighted by Gasteiger charge is -2.03. The fourth-order valence-corrected chi connectivity index (χ4v) is 5.47. The molecule has 0 aliphatic carbocycles. The Hall–Kier alpha value is -4.98. The van der Waals surface area contributed by atoms with E-state index in [4.69, 9.17) is 37.6 Å². The highest BCUT2D eigenvalue weighted by Gasteiger charge is 2.20. The standard InChI is InChI=1S/C34H24Cl2N6O/c1-2-26-31(25-8-4-5-9-27(25)37-26)33(42-41-23-17-15-22(36)16-18-23)40-34-39-29(19-43-34)30-24-7-3-6-10-28(24)38-32(30)20-11-13-21(35)14-12-20/h3-19,37-38H,2H2,1H3. The Morgan fingerprint density at radius 1 is 0.791 bits per heavy atom. The maximum Gasteiger partial charge on any atom is 0.324 e. The average Bonchev–Trinajstić information content (AvgIpc) is 3.75. The van der Waals surface area contributed by atoms with Gasteiger partial charge in [0.2, 0.25) is 0 Å². The van der Waals surface area contributed by atoms with E-state index in [2.05, 4.69) is 33.2 Å². The van der Waals surface area contributed by atoms with Gasteiger partial charge >= 0.3 is 6.01 Å². The normalized spacial score (nSPS) is 12.2. The van der Waals surface area contributed by atoms with Crippen LogP contribution in [0.25, 0.3) is 44.3 Å². The van der Waals surface area contributed by atoms with Crippen LogP contribution in [-0.4, -0.2) is 20.8 Å². The summed E-state index contributed by atoms with van der Waals surface area (Å²) in [6, 6.07) is 31.2. The highest BCUT2D eigenvalue weighted by atomic mass is 35.5. The zero-order valence-corrected chi connectivity index (χ0v) is 24.5. The molecule has 210 valence electrons. The lowest BCUT2D eigenvalue weighted by atomic mass is 10.0. The van der Waals surface area contributed by atoms with Crippen LogP contribution < -0.4 is 0 Å². The molecule has 0 saturated carbocycles. The minimum atomic E-state index is 0.166. The van der Waals surface area contributed by atoms with E-state index in [1.807, 2.05) is 66.7 Å². The van der Waals surface area contributed by atoms with E-state index in [0.29, 0.717) is 27.3 Å². The maximum atomic E-state index is 6.18. The summed E-state index contributed by atoms with van der Waals surface area (Å²) in [4.78, 5) is 16.7. The minimum Gasteiger partial charge on any atom is -0.430 e. The molecule has 7 nitrogen and oxygen atoms in total. The summed E-state index contributed by atoms with van der Waals surface area (Å²) in [6.45, 7) is 2.08. The topological polar surface area (TPSA) is 94.7 Å². The number of H-pyrrole nitrogens is 2. The predicted molar refractivity (Wildman–Crippen MR) is 174 cm³/mol. The van der Waals surface area contributed by atoms with E-state index in [0.717, 1.165) is 56.3 Å². The molecule has 3 aromatic heterocycles. The van der Waals surface area contributed by atoms with Gasteiger partial charge in [-0.15, -0.1) is 10.2 Å². The number of aromatic nitrogens is 3. The molecule has 0 unspecified atom stereocenters. The lowest BCUT2D eigenvalue weighted by Crippen LogP contribution is -2.00. The summed E-state index contributed by atoms with van der Waals surface area (Å²) in [5, 5.41) is 12.4. The van der Waals surface area contributed by atoms with Crippen molar-refractivity contribution in [3.63, 3.8) is 0 Å². The summed E-state index contributed by atoms with van der Waals surface area (Å²) >= 11 is 12.3. The van der Waals surface area contributed by atoms with E-state index in [-0.39, 0.29) is 6.01 Å². The summed E-state index contributed by atoms with van der Waals surface area (Å²) in [5.41, 5.74) is 7.91. The monoisotopic (exact) mass is 602 g/mol. The zero-order chi connectivity index (χ0) is 29.3. The Kier molecular flexibility index (Phi) is 7.10. The van der Waals surface area contributed by atoms with Crippen molar-refractivity contribution >= 4 is 62.5 Å². The van der Waals surface area contributed by atoms with Gasteiger partial charge in [0.25, 0.3) is 0 Å². The molecule has 4 aromatic carbocycles. The van der Waals surface area contributed by atoms with Crippen molar-refractivity contribution in [2.75, 3.05) is 0 Å². The van der Waals surface area contributed by atoms with E-state index in [1.165, 1.54) is 0 Å². The summed E-state index contributed by atoms with van der Waals surface area (Å²) < 4.78 is 5.97. The molecular weight excluding hydrogens is 579 g/mol. The predicted octanol–water partition coefficient (Wildman–Crippen LogP) is 10.7. The summed E-state index contributed by atoms with van der Waals surface area (Å²) in [5.74, 6) is 0.384. The number of nitrogens with one attached hydrogen (secondary N) is 2. The highest BCUT2D eigenvalue weighted by Crippen LogP contribution is 2.39. The number of halogens is 2. The number of hydrogen-bond acceptors (Lipinski definition) is 4. The Bertz CT molecular complexity index is 2140. The van der Waals surface area contributed by atoms with Gasteiger partial charge in [-0.1, -0.05) is 78.7 Å². The molecule has 0 radical (unpaired) electrons. The molecule has 0 aliphatic heterocycles. The second kappa shape index (κ2) is 11.4. The zero-order valence-electron chi connectivity index (χ0n) is 23.0. The van der Waals surface area contributed by atoms with Crippen LogP contribution in [0, 0.1) is 0 Å². The fraction of sp³-hybridized carbons (Fsp3) is 0.0588. The Morgan fingerprint density at radius 3 is 2.16 bits per heavy atom. The molecule has 0 spiro atoms. The molecule has 9 heteroatoms. The molecule has 0 amide bonds. The smallest absolute Gasteiger partial charge is 0.324 e. The third kappa shape index (κ3) is 5.25. The molecular formula is C34H24Cl2N6O. The van der Waals surface area contributed by atoms with Gasteiger partial charge in [-0.05, 0) is 60.5 Å². The van der Waals surface area contributed by atoms with E-state index in [9.17, 15) is 0 Å². The van der Waals surface area contributed by atoms with Crippen LogP contribution in [0.4, 0.5) is 11.7 Å². The van der Waals surface area contributed by atoms with Gasteiger partial charge in [-0.2, -0.15) is 9.98 Å². The number of aliphatic imine (C=N–C) groups is 1. The second-order valence-corrected chi connectivity index (χ2v) is 10.8. The van der Waals surface area contributed by atoms with Crippen LogP contribution in [0.3, 0.4) is 0 Å². The van der Waals surface area contributed by atoms with Crippen LogP contribution >= 0.6 is 23.2 Å². The van der Waals surface area contributed by atoms with E-state index >= 15 is 0 Å². The van der Waals surface area contributed by atoms with Gasteiger partial charge < -0.3 is 14.4 Å². The second-order valence-electron chi connectivity index (χ2n) is 9.93. The molecule has 0 bridgehead atoms. The number of rotatable bonds is 6. The Morgan fingerprint density at radius 2 is 1.44 bits per heavy atom. The number of aromatic amines is 2. The maximum absolute atomic E-state index is 6.18. The molecule has 7 rings (SSSR count). The van der Waals surface area contributed by atoms with Crippen LogP contribution in [0.15, 0.2) is 123 Å². The fourth-order valence-electron chi connectivity index (χ4n) is 5.22. The number of fused-ring (bicyclic) bond motifs is 2. The first-order valence-electron chi connectivity index (χ1n) is 13.8. The van der Waals surface area contributed by atoms with Gasteiger partial charge in [0.05, 0.1) is 11.4 Å². The quantitative estimate of drug-likeness (QED) is 0.112. The van der Waals surface area contributed by atoms with Crippen molar-refractivity contribution < 1.29 is 4.42 Å².